The minimum Gasteiger partial charge on any atom is -0.392 e. The molecule has 0 bridgehead atoms. The van der Waals surface area contributed by atoms with E-state index in [1.54, 1.807) is 0 Å². The number of hydrogen-bond acceptors (Lipinski definition) is 2. The summed E-state index contributed by atoms with van der Waals surface area (Å²) in [4.78, 5) is 0. The average molecular weight is 315 g/mol. The van der Waals surface area contributed by atoms with Gasteiger partial charge in [0, 0.05) is 23.1 Å². The Labute approximate surface area is 130 Å². The lowest BCUT2D eigenvalue weighted by molar-refractivity contribution is -0.156. The highest BCUT2D eigenvalue weighted by Gasteiger charge is 2.44. The highest BCUT2D eigenvalue weighted by atomic mass is 35.5. The van der Waals surface area contributed by atoms with E-state index in [4.69, 9.17) is 27.9 Å². The molecule has 2 atom stereocenters. The summed E-state index contributed by atoms with van der Waals surface area (Å²) >= 11 is 12.4. The van der Waals surface area contributed by atoms with Gasteiger partial charge in [0.15, 0.2) is 0 Å². The van der Waals surface area contributed by atoms with E-state index in [0.717, 1.165) is 37.9 Å². The van der Waals surface area contributed by atoms with Crippen LogP contribution in [0, 0.1) is 5.92 Å². The van der Waals surface area contributed by atoms with E-state index in [2.05, 4.69) is 0 Å². The van der Waals surface area contributed by atoms with Crippen molar-refractivity contribution < 1.29 is 9.84 Å². The first-order valence-corrected chi connectivity index (χ1v) is 8.10. The lowest BCUT2D eigenvalue weighted by atomic mass is 9.70. The van der Waals surface area contributed by atoms with Crippen LogP contribution in [0.3, 0.4) is 0 Å². The molecule has 0 aromatic heterocycles. The van der Waals surface area contributed by atoms with Gasteiger partial charge in [-0.1, -0.05) is 29.3 Å². The summed E-state index contributed by atoms with van der Waals surface area (Å²) in [5.74, 6) is 0.288. The SMILES string of the molecule is OC(Cc1c(Cl)cccc1Cl)C1CCOC2(CCC2)C1. The molecule has 2 fully saturated rings. The fourth-order valence-electron chi connectivity index (χ4n) is 3.42. The zero-order chi connectivity index (χ0) is 14.2. The van der Waals surface area contributed by atoms with Crippen molar-refractivity contribution in [3.63, 3.8) is 0 Å². The van der Waals surface area contributed by atoms with E-state index < -0.39 is 6.10 Å². The van der Waals surface area contributed by atoms with Crippen molar-refractivity contribution in [1.29, 1.82) is 0 Å². The van der Waals surface area contributed by atoms with E-state index in [1.807, 2.05) is 18.2 Å². The first kappa shape index (κ1) is 14.6. The van der Waals surface area contributed by atoms with Crippen LogP contribution in [0.4, 0.5) is 0 Å². The molecule has 1 aliphatic heterocycles. The summed E-state index contributed by atoms with van der Waals surface area (Å²) in [5.41, 5.74) is 0.922. The molecule has 1 aliphatic carbocycles. The van der Waals surface area contributed by atoms with Crippen LogP contribution in [-0.2, 0) is 11.2 Å². The van der Waals surface area contributed by atoms with Crippen LogP contribution in [0.5, 0.6) is 0 Å². The predicted molar refractivity (Wildman–Crippen MR) is 81.4 cm³/mol. The van der Waals surface area contributed by atoms with Crippen molar-refractivity contribution in [3.05, 3.63) is 33.8 Å². The van der Waals surface area contributed by atoms with Crippen LogP contribution in [0.1, 0.15) is 37.7 Å². The van der Waals surface area contributed by atoms with Gasteiger partial charge >= 0.3 is 0 Å². The summed E-state index contributed by atoms with van der Waals surface area (Å²) in [5, 5.41) is 11.8. The second kappa shape index (κ2) is 5.84. The quantitative estimate of drug-likeness (QED) is 0.904. The van der Waals surface area contributed by atoms with Gasteiger partial charge in [-0.3, -0.25) is 0 Å². The summed E-state index contributed by atoms with van der Waals surface area (Å²) in [6.45, 7) is 0.762. The highest BCUT2D eigenvalue weighted by Crippen LogP contribution is 2.45. The molecule has 0 radical (unpaired) electrons. The van der Waals surface area contributed by atoms with Crippen LogP contribution in [0.15, 0.2) is 18.2 Å². The third-order valence-electron chi connectivity index (χ3n) is 4.81. The van der Waals surface area contributed by atoms with Crippen molar-refractivity contribution >= 4 is 23.2 Å². The van der Waals surface area contributed by atoms with Crippen LogP contribution in [0.2, 0.25) is 10.0 Å². The maximum absolute atomic E-state index is 10.6. The molecule has 1 aromatic rings. The second-order valence-electron chi connectivity index (χ2n) is 6.11. The summed E-state index contributed by atoms with van der Waals surface area (Å²) in [7, 11) is 0. The molecule has 1 saturated carbocycles. The van der Waals surface area contributed by atoms with Crippen molar-refractivity contribution in [2.45, 2.75) is 50.2 Å². The van der Waals surface area contributed by atoms with Crippen molar-refractivity contribution in [1.82, 2.24) is 0 Å². The Hall–Kier alpha value is -0.280. The van der Waals surface area contributed by atoms with Crippen LogP contribution in [0.25, 0.3) is 0 Å². The normalized spacial score (nSPS) is 26.2. The number of aliphatic hydroxyl groups excluding tert-OH is 1. The molecular formula is C16H20Cl2O2. The summed E-state index contributed by atoms with van der Waals surface area (Å²) in [6, 6.07) is 5.48. The van der Waals surface area contributed by atoms with Crippen LogP contribution < -0.4 is 0 Å². The van der Waals surface area contributed by atoms with E-state index >= 15 is 0 Å². The van der Waals surface area contributed by atoms with Crippen molar-refractivity contribution in [2.24, 2.45) is 5.92 Å². The molecule has 1 aromatic carbocycles. The van der Waals surface area contributed by atoms with Gasteiger partial charge in [-0.05, 0) is 55.7 Å². The molecule has 2 nitrogen and oxygen atoms in total. The molecule has 4 heteroatoms. The number of aliphatic hydroxyl groups is 1. The van der Waals surface area contributed by atoms with Gasteiger partial charge in [0.1, 0.15) is 0 Å². The zero-order valence-corrected chi connectivity index (χ0v) is 13.0. The fraction of sp³-hybridized carbons (Fsp3) is 0.625. The number of halogens is 2. The lowest BCUT2D eigenvalue weighted by Gasteiger charge is -2.48. The molecule has 1 N–H and O–H groups in total. The van der Waals surface area contributed by atoms with Gasteiger partial charge in [-0.15, -0.1) is 0 Å². The summed E-state index contributed by atoms with van der Waals surface area (Å²) < 4.78 is 5.92. The Bertz CT molecular complexity index is 465. The molecule has 1 heterocycles. The smallest absolute Gasteiger partial charge is 0.0686 e. The van der Waals surface area contributed by atoms with E-state index in [9.17, 15) is 5.11 Å². The van der Waals surface area contributed by atoms with Gasteiger partial charge in [0.25, 0.3) is 0 Å². The van der Waals surface area contributed by atoms with E-state index in [-0.39, 0.29) is 11.5 Å². The third-order valence-corrected chi connectivity index (χ3v) is 5.52. The highest BCUT2D eigenvalue weighted by molar-refractivity contribution is 6.35. The summed E-state index contributed by atoms with van der Waals surface area (Å²) in [6.07, 6.45) is 5.56. The van der Waals surface area contributed by atoms with Gasteiger partial charge in [0.05, 0.1) is 11.7 Å². The number of hydrogen-bond donors (Lipinski definition) is 1. The Morgan fingerprint density at radius 1 is 1.30 bits per heavy atom. The standard InChI is InChI=1S/C16H20Cl2O2/c17-13-3-1-4-14(18)12(13)9-15(19)11-5-8-20-16(10-11)6-2-7-16/h1,3-4,11,15,19H,2,5-10H2. The average Bonchev–Trinajstić information content (AvgIpc) is 2.41. The topological polar surface area (TPSA) is 29.5 Å². The van der Waals surface area contributed by atoms with Crippen LogP contribution >= 0.6 is 23.2 Å². The molecule has 3 rings (SSSR count). The lowest BCUT2D eigenvalue weighted by Crippen LogP contribution is -2.48. The van der Waals surface area contributed by atoms with Gasteiger partial charge in [-0.25, -0.2) is 0 Å². The molecule has 0 amide bonds. The predicted octanol–water partition coefficient (Wildman–Crippen LogP) is 4.25. The van der Waals surface area contributed by atoms with Crippen molar-refractivity contribution in [2.75, 3.05) is 6.61 Å². The number of ether oxygens (including phenoxy) is 1. The fourth-order valence-corrected chi connectivity index (χ4v) is 3.97. The molecule has 2 aliphatic rings. The van der Waals surface area contributed by atoms with Gasteiger partial charge in [0.2, 0.25) is 0 Å². The number of rotatable bonds is 3. The molecule has 110 valence electrons. The van der Waals surface area contributed by atoms with E-state index in [1.165, 1.54) is 6.42 Å². The molecule has 2 unspecified atom stereocenters. The van der Waals surface area contributed by atoms with Gasteiger partial charge in [-0.2, -0.15) is 0 Å². The molecule has 1 spiro atoms. The maximum Gasteiger partial charge on any atom is 0.0686 e. The second-order valence-corrected chi connectivity index (χ2v) is 6.92. The molecule has 20 heavy (non-hydrogen) atoms. The Morgan fingerprint density at radius 2 is 2.00 bits per heavy atom. The Morgan fingerprint density at radius 3 is 2.60 bits per heavy atom. The zero-order valence-electron chi connectivity index (χ0n) is 11.4. The van der Waals surface area contributed by atoms with Crippen molar-refractivity contribution in [3.8, 4) is 0 Å². The monoisotopic (exact) mass is 314 g/mol. The largest absolute Gasteiger partial charge is 0.392 e. The molecular weight excluding hydrogens is 295 g/mol. The maximum atomic E-state index is 10.6. The van der Waals surface area contributed by atoms with Crippen LogP contribution in [-0.4, -0.2) is 23.4 Å². The first-order valence-electron chi connectivity index (χ1n) is 7.35. The van der Waals surface area contributed by atoms with Gasteiger partial charge < -0.3 is 9.84 Å². The minimum absolute atomic E-state index is 0.0637. The minimum atomic E-state index is -0.395. The Balaban J connectivity index is 1.68. The van der Waals surface area contributed by atoms with E-state index in [0.29, 0.717) is 16.5 Å². The molecule has 1 saturated heterocycles. The Kier molecular flexibility index (Phi) is 4.28. The first-order chi connectivity index (χ1) is 9.60. The number of benzene rings is 1. The third kappa shape index (κ3) is 2.85.